The third kappa shape index (κ3) is 3.91. The quantitative estimate of drug-likeness (QED) is 0.511. The van der Waals surface area contributed by atoms with Crippen LogP contribution in [0, 0.1) is 22.0 Å². The second-order valence-corrected chi connectivity index (χ2v) is 5.31. The smallest absolute Gasteiger partial charge is 0.309 e. The largest absolute Gasteiger partial charge is 0.455 e. The van der Waals surface area contributed by atoms with Crippen LogP contribution in [0.25, 0.3) is 0 Å². The number of carbonyl (C=O) groups excluding carboxylic acids is 2. The number of nitrogens with one attached hydrogen (secondary N) is 1. The number of ether oxygens (including phenoxy) is 1. The van der Waals surface area contributed by atoms with E-state index >= 15 is 0 Å². The molecule has 1 saturated carbocycles. The molecule has 1 fully saturated rings. The molecule has 0 spiro atoms. The van der Waals surface area contributed by atoms with Gasteiger partial charge in [0.2, 0.25) is 0 Å². The summed E-state index contributed by atoms with van der Waals surface area (Å²) in [7, 11) is 0. The molecule has 0 radical (unpaired) electrons. The number of nitro benzene ring substituents is 1. The number of rotatable bonds is 5. The van der Waals surface area contributed by atoms with Crippen molar-refractivity contribution < 1.29 is 19.2 Å². The van der Waals surface area contributed by atoms with Crippen molar-refractivity contribution in [2.75, 3.05) is 11.9 Å². The van der Waals surface area contributed by atoms with Gasteiger partial charge in [-0.25, -0.2) is 0 Å². The monoisotopic (exact) mass is 312 g/mol. The molecule has 1 N–H and O–H groups in total. The lowest BCUT2D eigenvalue weighted by atomic mass is 10.3. The average Bonchev–Trinajstić information content (AvgIpc) is 3.15. The van der Waals surface area contributed by atoms with Gasteiger partial charge in [0, 0.05) is 11.8 Å². The number of carbonyl (C=O) groups is 2. The third-order valence-corrected chi connectivity index (χ3v) is 3.50. The number of nitrogens with zero attached hydrogens (tertiary/aromatic N) is 1. The van der Waals surface area contributed by atoms with Crippen molar-refractivity contribution in [1.29, 1.82) is 0 Å². The zero-order valence-electron chi connectivity index (χ0n) is 11.2. The molecular weight excluding hydrogens is 300 g/mol. The van der Waals surface area contributed by atoms with Gasteiger partial charge in [0.15, 0.2) is 6.61 Å². The third-order valence-electron chi connectivity index (χ3n) is 3.18. The molecule has 21 heavy (non-hydrogen) atoms. The van der Waals surface area contributed by atoms with Crippen molar-refractivity contribution in [2.24, 2.45) is 11.8 Å². The van der Waals surface area contributed by atoms with Crippen LogP contribution in [-0.2, 0) is 14.3 Å². The van der Waals surface area contributed by atoms with Gasteiger partial charge in [0.05, 0.1) is 10.8 Å². The number of halogens is 1. The summed E-state index contributed by atoms with van der Waals surface area (Å²) in [6.07, 6.45) is 0.782. The lowest BCUT2D eigenvalue weighted by molar-refractivity contribution is -0.384. The fourth-order valence-electron chi connectivity index (χ4n) is 1.82. The van der Waals surface area contributed by atoms with E-state index < -0.39 is 17.4 Å². The van der Waals surface area contributed by atoms with E-state index in [1.165, 1.54) is 12.1 Å². The molecule has 112 valence electrons. The van der Waals surface area contributed by atoms with E-state index in [0.717, 1.165) is 12.5 Å². The lowest BCUT2D eigenvalue weighted by Gasteiger charge is -2.06. The summed E-state index contributed by atoms with van der Waals surface area (Å²) in [5, 5.41) is 13.1. The lowest BCUT2D eigenvalue weighted by Crippen LogP contribution is -2.21. The van der Waals surface area contributed by atoms with E-state index in [1.54, 1.807) is 0 Å². The summed E-state index contributed by atoms with van der Waals surface area (Å²) in [4.78, 5) is 33.1. The first kappa shape index (κ1) is 15.2. The number of esters is 1. The number of hydrogen-bond acceptors (Lipinski definition) is 5. The van der Waals surface area contributed by atoms with Crippen molar-refractivity contribution in [1.82, 2.24) is 0 Å². The minimum absolute atomic E-state index is 0.0212. The Morgan fingerprint density at radius 3 is 2.76 bits per heavy atom. The minimum Gasteiger partial charge on any atom is -0.455 e. The Bertz CT molecular complexity index is 604. The Labute approximate surface area is 125 Å². The van der Waals surface area contributed by atoms with Crippen LogP contribution in [0.3, 0.4) is 0 Å². The zero-order valence-corrected chi connectivity index (χ0v) is 11.9. The predicted molar refractivity (Wildman–Crippen MR) is 75.0 cm³/mol. The summed E-state index contributed by atoms with van der Waals surface area (Å²) < 4.78 is 4.86. The van der Waals surface area contributed by atoms with Gasteiger partial charge >= 0.3 is 5.97 Å². The standard InChI is InChI=1S/C13H13ClN2O5/c1-7-4-9(7)13(18)21-6-12(17)15-8-2-3-10(14)11(5-8)16(19)20/h2-3,5,7,9H,4,6H2,1H3,(H,15,17)/t7-,9+/m1/s1. The molecule has 2 rings (SSSR count). The zero-order chi connectivity index (χ0) is 15.6. The molecule has 0 aromatic heterocycles. The fraction of sp³-hybridized carbons (Fsp3) is 0.385. The first-order chi connectivity index (χ1) is 9.88. The van der Waals surface area contributed by atoms with Gasteiger partial charge in [-0.05, 0) is 24.5 Å². The summed E-state index contributed by atoms with van der Waals surface area (Å²) in [5.41, 5.74) is -0.0924. The second-order valence-electron chi connectivity index (χ2n) is 4.90. The van der Waals surface area contributed by atoms with Crippen molar-refractivity contribution in [2.45, 2.75) is 13.3 Å². The highest BCUT2D eigenvalue weighted by molar-refractivity contribution is 6.32. The molecule has 2 atom stereocenters. The normalized spacial score (nSPS) is 19.7. The van der Waals surface area contributed by atoms with E-state index in [0.29, 0.717) is 5.92 Å². The molecule has 1 amide bonds. The topological polar surface area (TPSA) is 98.5 Å². The molecule has 1 aliphatic rings. The molecule has 0 unspecified atom stereocenters. The highest BCUT2D eigenvalue weighted by Gasteiger charge is 2.40. The van der Waals surface area contributed by atoms with Crippen molar-refractivity contribution in [3.05, 3.63) is 33.3 Å². The van der Waals surface area contributed by atoms with Crippen molar-refractivity contribution in [3.63, 3.8) is 0 Å². The van der Waals surface area contributed by atoms with Crippen molar-refractivity contribution >= 4 is 34.9 Å². The SMILES string of the molecule is C[C@@H]1C[C@@H]1C(=O)OCC(=O)Nc1ccc(Cl)c([N+](=O)[O-])c1. The highest BCUT2D eigenvalue weighted by atomic mass is 35.5. The summed E-state index contributed by atoms with van der Waals surface area (Å²) in [5.74, 6) is -0.762. The van der Waals surface area contributed by atoms with Crippen LogP contribution in [0.15, 0.2) is 18.2 Å². The number of benzene rings is 1. The van der Waals surface area contributed by atoms with Crippen LogP contribution in [0.4, 0.5) is 11.4 Å². The average molecular weight is 313 g/mol. The fourth-order valence-corrected chi connectivity index (χ4v) is 2.01. The van der Waals surface area contributed by atoms with Crippen LogP contribution in [0.5, 0.6) is 0 Å². The van der Waals surface area contributed by atoms with E-state index in [1.807, 2.05) is 6.92 Å². The molecule has 0 bridgehead atoms. The van der Waals surface area contributed by atoms with Gasteiger partial charge in [-0.2, -0.15) is 0 Å². The first-order valence-electron chi connectivity index (χ1n) is 6.29. The molecule has 0 heterocycles. The van der Waals surface area contributed by atoms with Gasteiger partial charge in [-0.1, -0.05) is 18.5 Å². The molecule has 1 aromatic carbocycles. The van der Waals surface area contributed by atoms with E-state index in [4.69, 9.17) is 16.3 Å². The number of nitro groups is 1. The van der Waals surface area contributed by atoms with Crippen LogP contribution in [0.1, 0.15) is 13.3 Å². The number of hydrogen-bond donors (Lipinski definition) is 1. The maximum absolute atomic E-state index is 11.6. The van der Waals surface area contributed by atoms with Crippen LogP contribution >= 0.6 is 11.6 Å². The first-order valence-corrected chi connectivity index (χ1v) is 6.66. The van der Waals surface area contributed by atoms with Gasteiger partial charge in [0.1, 0.15) is 5.02 Å². The second kappa shape index (κ2) is 6.09. The number of amides is 1. The molecular formula is C13H13ClN2O5. The molecule has 1 aromatic rings. The highest BCUT2D eigenvalue weighted by Crippen LogP contribution is 2.38. The molecule has 0 aliphatic heterocycles. The van der Waals surface area contributed by atoms with Crippen LogP contribution in [-0.4, -0.2) is 23.4 Å². The Balaban J connectivity index is 1.89. The van der Waals surface area contributed by atoms with Crippen LogP contribution < -0.4 is 5.32 Å². The summed E-state index contributed by atoms with van der Waals surface area (Å²) in [6.45, 7) is 1.51. The van der Waals surface area contributed by atoms with Gasteiger partial charge in [0.25, 0.3) is 11.6 Å². The molecule has 7 nitrogen and oxygen atoms in total. The van der Waals surface area contributed by atoms with Crippen molar-refractivity contribution in [3.8, 4) is 0 Å². The minimum atomic E-state index is -0.646. The van der Waals surface area contributed by atoms with E-state index in [2.05, 4.69) is 5.32 Å². The maximum atomic E-state index is 11.6. The Morgan fingerprint density at radius 2 is 2.19 bits per heavy atom. The molecule has 1 aliphatic carbocycles. The van der Waals surface area contributed by atoms with E-state index in [9.17, 15) is 19.7 Å². The van der Waals surface area contributed by atoms with Crippen LogP contribution in [0.2, 0.25) is 5.02 Å². The van der Waals surface area contributed by atoms with Gasteiger partial charge in [-0.3, -0.25) is 19.7 Å². The molecule has 0 saturated heterocycles. The molecule has 8 heteroatoms. The summed E-state index contributed by atoms with van der Waals surface area (Å²) >= 11 is 5.66. The Hall–Kier alpha value is -2.15. The summed E-state index contributed by atoms with van der Waals surface area (Å²) in [6, 6.07) is 3.89. The van der Waals surface area contributed by atoms with E-state index in [-0.39, 0.29) is 28.3 Å². The predicted octanol–water partition coefficient (Wildman–Crippen LogP) is 2.39. The van der Waals surface area contributed by atoms with Gasteiger partial charge < -0.3 is 10.1 Å². The Morgan fingerprint density at radius 1 is 1.52 bits per heavy atom. The Kier molecular flexibility index (Phi) is 4.42. The van der Waals surface area contributed by atoms with Gasteiger partial charge in [-0.15, -0.1) is 0 Å². The number of anilines is 1. The maximum Gasteiger partial charge on any atom is 0.309 e.